The number of allylic oxidation sites excluding steroid dienone is 1. The van der Waals surface area contributed by atoms with Crippen LogP contribution in [0.3, 0.4) is 0 Å². The van der Waals surface area contributed by atoms with Gasteiger partial charge in [0.15, 0.2) is 0 Å². The van der Waals surface area contributed by atoms with Gasteiger partial charge in [0, 0.05) is 29.4 Å². The Hall–Kier alpha value is -3.87. The van der Waals surface area contributed by atoms with Gasteiger partial charge in [-0.25, -0.2) is 22.2 Å². The summed E-state index contributed by atoms with van der Waals surface area (Å²) in [5, 5.41) is 9.12. The molecule has 1 atom stereocenters. The van der Waals surface area contributed by atoms with Gasteiger partial charge < -0.3 is 15.8 Å². The third-order valence-corrected chi connectivity index (χ3v) is 9.54. The van der Waals surface area contributed by atoms with Crippen molar-refractivity contribution in [2.75, 3.05) is 23.7 Å². The molecule has 1 saturated heterocycles. The highest BCUT2D eigenvalue weighted by Crippen LogP contribution is 2.40. The van der Waals surface area contributed by atoms with Crippen molar-refractivity contribution in [3.05, 3.63) is 71.4 Å². The Morgan fingerprint density at radius 1 is 1.12 bits per heavy atom. The highest BCUT2D eigenvalue weighted by molar-refractivity contribution is 7.92. The van der Waals surface area contributed by atoms with E-state index in [-0.39, 0.29) is 22.4 Å². The van der Waals surface area contributed by atoms with Crippen LogP contribution in [0, 0.1) is 18.6 Å². The van der Waals surface area contributed by atoms with Crippen molar-refractivity contribution in [3.8, 4) is 11.3 Å². The van der Waals surface area contributed by atoms with Crippen LogP contribution in [0.1, 0.15) is 50.3 Å². The van der Waals surface area contributed by atoms with Crippen LogP contribution in [-0.4, -0.2) is 48.5 Å². The molecule has 0 radical (unpaired) electrons. The largest absolute Gasteiger partial charge is 0.383 e. The number of nitrogens with two attached hydrogens (primary N) is 1. The number of benzene rings is 2. The quantitative estimate of drug-likeness (QED) is 0.239. The fourth-order valence-corrected chi connectivity index (χ4v) is 7.03. The molecule has 9 nitrogen and oxygen atoms in total. The molecule has 1 fully saturated rings. The number of fused-ring (bicyclic) bond motifs is 1. The molecule has 3 heterocycles. The number of sulfonamides is 1. The maximum Gasteiger partial charge on any atom is 0.262 e. The summed E-state index contributed by atoms with van der Waals surface area (Å²) < 4.78 is 64.6. The van der Waals surface area contributed by atoms with Gasteiger partial charge in [0.2, 0.25) is 0 Å². The van der Waals surface area contributed by atoms with Crippen LogP contribution in [0.4, 0.5) is 20.3 Å². The predicted octanol–water partition coefficient (Wildman–Crippen LogP) is 5.57. The molecule has 2 aliphatic rings. The molecule has 1 aliphatic heterocycles. The Morgan fingerprint density at radius 2 is 1.91 bits per heavy atom. The molecule has 6 rings (SSSR count). The summed E-state index contributed by atoms with van der Waals surface area (Å²) in [6.45, 7) is 7.08. The number of pyridine rings is 1. The second kappa shape index (κ2) is 11.3. The number of aryl methyl sites for hydroxylation is 1. The van der Waals surface area contributed by atoms with E-state index in [1.54, 1.807) is 19.2 Å². The maximum absolute atomic E-state index is 15.4. The van der Waals surface area contributed by atoms with Gasteiger partial charge in [-0.2, -0.15) is 5.10 Å². The molecule has 43 heavy (non-hydrogen) atoms. The molecule has 0 bridgehead atoms. The minimum absolute atomic E-state index is 0.0283. The number of aromatic nitrogens is 3. The monoisotopic (exact) mass is 608 g/mol. The van der Waals surface area contributed by atoms with E-state index in [0.717, 1.165) is 55.2 Å². The van der Waals surface area contributed by atoms with Gasteiger partial charge in [0.1, 0.15) is 23.1 Å². The van der Waals surface area contributed by atoms with Gasteiger partial charge in [0.05, 0.1) is 40.7 Å². The van der Waals surface area contributed by atoms with E-state index in [9.17, 15) is 12.8 Å². The van der Waals surface area contributed by atoms with E-state index in [1.807, 2.05) is 18.5 Å². The van der Waals surface area contributed by atoms with E-state index < -0.39 is 21.7 Å². The molecule has 226 valence electrons. The summed E-state index contributed by atoms with van der Waals surface area (Å²) in [4.78, 5) is 4.24. The number of nitrogens with one attached hydrogen (secondary N) is 2. The first kappa shape index (κ1) is 29.2. The number of halogens is 2. The molecular formula is C31H34F2N6O3S. The Kier molecular flexibility index (Phi) is 7.69. The van der Waals surface area contributed by atoms with Gasteiger partial charge in [-0.05, 0) is 75.4 Å². The SMILES string of the molecule is Cc1ccc(F)cc1S(=O)(=O)Nc1ccc(-c2nn(C(C)C)c3c(C4=CCC(NC5COC5)CC4)cnc(N)c23)cc1F. The van der Waals surface area contributed by atoms with Crippen LogP contribution in [0.5, 0.6) is 0 Å². The van der Waals surface area contributed by atoms with Crippen LogP contribution >= 0.6 is 0 Å². The maximum atomic E-state index is 15.4. The number of rotatable bonds is 8. The normalized spacial score (nSPS) is 17.7. The molecule has 0 amide bonds. The van der Waals surface area contributed by atoms with Gasteiger partial charge >= 0.3 is 0 Å². The summed E-state index contributed by atoms with van der Waals surface area (Å²) in [6.07, 6.45) is 6.76. The minimum Gasteiger partial charge on any atom is -0.383 e. The number of hydrogen-bond acceptors (Lipinski definition) is 7. The average Bonchev–Trinajstić information content (AvgIpc) is 3.36. The Bertz CT molecular complexity index is 1850. The Labute approximate surface area is 249 Å². The van der Waals surface area contributed by atoms with E-state index >= 15 is 4.39 Å². The lowest BCUT2D eigenvalue weighted by molar-refractivity contribution is -0.0103. The Morgan fingerprint density at radius 3 is 2.56 bits per heavy atom. The summed E-state index contributed by atoms with van der Waals surface area (Å²) in [7, 11) is -4.24. The number of nitrogen functional groups attached to an aromatic ring is 1. The highest BCUT2D eigenvalue weighted by Gasteiger charge is 2.27. The second-order valence-corrected chi connectivity index (χ2v) is 13.1. The van der Waals surface area contributed by atoms with Crippen LogP contribution < -0.4 is 15.8 Å². The lowest BCUT2D eigenvalue weighted by atomic mass is 9.89. The zero-order valence-electron chi connectivity index (χ0n) is 24.2. The first-order valence-electron chi connectivity index (χ1n) is 14.3. The predicted molar refractivity (Wildman–Crippen MR) is 163 cm³/mol. The van der Waals surface area contributed by atoms with Gasteiger partial charge in [-0.3, -0.25) is 9.40 Å². The second-order valence-electron chi connectivity index (χ2n) is 11.5. The van der Waals surface area contributed by atoms with Crippen LogP contribution in [0.15, 0.2) is 53.6 Å². The molecule has 1 aliphatic carbocycles. The van der Waals surface area contributed by atoms with Crippen molar-refractivity contribution < 1.29 is 21.9 Å². The molecule has 12 heteroatoms. The van der Waals surface area contributed by atoms with Crippen LogP contribution in [0.25, 0.3) is 27.7 Å². The summed E-state index contributed by atoms with van der Waals surface area (Å²) in [6, 6.07) is 8.34. The van der Waals surface area contributed by atoms with Crippen molar-refractivity contribution in [1.82, 2.24) is 20.1 Å². The average molecular weight is 609 g/mol. The molecule has 4 aromatic rings. The standard InChI is InChI=1S/C31H34F2N6O3S/c1-17(2)39-30-24(19-5-9-22(10-6-19)36-23-15-42-16-23)14-35-31(34)28(30)29(37-39)20-7-11-26(25(33)12-20)38-43(40,41)27-13-21(32)8-4-18(27)3/h4-5,7-8,11-14,17,22-23,36,38H,6,9-10,15-16H2,1-3H3,(H2,34,35). The molecule has 0 spiro atoms. The number of ether oxygens (including phenoxy) is 1. The third kappa shape index (κ3) is 5.62. The van der Waals surface area contributed by atoms with Gasteiger partial charge in [0.25, 0.3) is 10.0 Å². The van der Waals surface area contributed by atoms with E-state index in [4.69, 9.17) is 15.6 Å². The van der Waals surface area contributed by atoms with Gasteiger partial charge in [-0.1, -0.05) is 18.2 Å². The molecular weight excluding hydrogens is 574 g/mol. The lowest BCUT2D eigenvalue weighted by Gasteiger charge is -2.33. The Balaban J connectivity index is 1.36. The molecule has 1 unspecified atom stereocenters. The fourth-order valence-electron chi connectivity index (χ4n) is 5.71. The topological polar surface area (TPSA) is 124 Å². The van der Waals surface area contributed by atoms with Crippen molar-refractivity contribution in [3.63, 3.8) is 0 Å². The summed E-state index contributed by atoms with van der Waals surface area (Å²) in [5.74, 6) is -1.24. The van der Waals surface area contributed by atoms with Crippen LogP contribution in [0.2, 0.25) is 0 Å². The summed E-state index contributed by atoms with van der Waals surface area (Å²) >= 11 is 0. The van der Waals surface area contributed by atoms with E-state index in [0.29, 0.717) is 34.3 Å². The summed E-state index contributed by atoms with van der Waals surface area (Å²) in [5.41, 5.74) is 10.3. The molecule has 2 aromatic heterocycles. The molecule has 2 aromatic carbocycles. The number of hydrogen-bond donors (Lipinski definition) is 3. The number of anilines is 2. The smallest absolute Gasteiger partial charge is 0.262 e. The van der Waals surface area contributed by atoms with Crippen molar-refractivity contribution in [2.45, 2.75) is 63.1 Å². The van der Waals surface area contributed by atoms with Gasteiger partial charge in [-0.15, -0.1) is 0 Å². The number of nitrogens with zero attached hydrogens (tertiary/aromatic N) is 3. The third-order valence-electron chi connectivity index (χ3n) is 8.04. The zero-order valence-corrected chi connectivity index (χ0v) is 25.0. The fraction of sp³-hybridized carbons (Fsp3) is 0.355. The first-order valence-corrected chi connectivity index (χ1v) is 15.8. The van der Waals surface area contributed by atoms with E-state index in [1.165, 1.54) is 24.3 Å². The molecule has 4 N–H and O–H groups in total. The van der Waals surface area contributed by atoms with Crippen molar-refractivity contribution in [1.29, 1.82) is 0 Å². The first-order chi connectivity index (χ1) is 20.5. The lowest BCUT2D eigenvalue weighted by Crippen LogP contribution is -2.50. The zero-order chi connectivity index (χ0) is 30.5. The van der Waals surface area contributed by atoms with E-state index in [2.05, 4.69) is 21.1 Å². The highest BCUT2D eigenvalue weighted by atomic mass is 32.2. The van der Waals surface area contributed by atoms with Crippen molar-refractivity contribution >= 4 is 38.0 Å². The minimum atomic E-state index is -4.24. The molecule has 0 saturated carbocycles. The van der Waals surface area contributed by atoms with Crippen molar-refractivity contribution in [2.24, 2.45) is 0 Å². The van der Waals surface area contributed by atoms with Crippen LogP contribution in [-0.2, 0) is 14.8 Å².